The summed E-state index contributed by atoms with van der Waals surface area (Å²) in [4.78, 5) is 3.88. The van der Waals surface area contributed by atoms with Crippen molar-refractivity contribution in [3.8, 4) is 0 Å². The first-order valence-electron chi connectivity index (χ1n) is 7.33. The molecule has 1 saturated heterocycles. The van der Waals surface area contributed by atoms with Crippen LogP contribution < -0.4 is 0 Å². The molecule has 1 aliphatic heterocycles. The van der Waals surface area contributed by atoms with E-state index in [4.69, 9.17) is 4.74 Å². The predicted molar refractivity (Wildman–Crippen MR) is 93.8 cm³/mol. The molecule has 0 atom stereocenters. The lowest BCUT2D eigenvalue weighted by Gasteiger charge is -2.26. The summed E-state index contributed by atoms with van der Waals surface area (Å²) in [6.07, 6.45) is 1.25. The Morgan fingerprint density at radius 3 is 2.57 bits per heavy atom. The molecular formula is C17H22ClNOS. The van der Waals surface area contributed by atoms with Gasteiger partial charge in [-0.25, -0.2) is 0 Å². The number of morpholine rings is 1. The predicted octanol–water partition coefficient (Wildman–Crippen LogP) is 4.08. The molecule has 114 valence electrons. The molecule has 4 heteroatoms. The maximum Gasteiger partial charge on any atom is 0.0594 e. The summed E-state index contributed by atoms with van der Waals surface area (Å²) in [5, 5.41) is 2.66. The third-order valence-corrected chi connectivity index (χ3v) is 4.79. The highest BCUT2D eigenvalue weighted by atomic mass is 35.5. The van der Waals surface area contributed by atoms with E-state index < -0.39 is 0 Å². The van der Waals surface area contributed by atoms with Crippen LogP contribution in [-0.2, 0) is 4.74 Å². The summed E-state index contributed by atoms with van der Waals surface area (Å²) in [6.45, 7) is 5.20. The molecule has 2 aromatic carbocycles. The molecule has 21 heavy (non-hydrogen) atoms. The fourth-order valence-corrected chi connectivity index (χ4v) is 3.44. The van der Waals surface area contributed by atoms with E-state index >= 15 is 0 Å². The zero-order valence-electron chi connectivity index (χ0n) is 12.2. The molecule has 0 bridgehead atoms. The number of thioether (sulfide) groups is 1. The molecular weight excluding hydrogens is 302 g/mol. The minimum atomic E-state index is 0. The van der Waals surface area contributed by atoms with Gasteiger partial charge in [-0.2, -0.15) is 0 Å². The van der Waals surface area contributed by atoms with E-state index in [9.17, 15) is 0 Å². The average molecular weight is 324 g/mol. The minimum absolute atomic E-state index is 0. The average Bonchev–Trinajstić information content (AvgIpc) is 2.52. The summed E-state index contributed by atoms with van der Waals surface area (Å²) in [5.74, 6) is 1.19. The normalized spacial score (nSPS) is 15.8. The van der Waals surface area contributed by atoms with Gasteiger partial charge in [0.05, 0.1) is 13.2 Å². The quantitative estimate of drug-likeness (QED) is 0.608. The van der Waals surface area contributed by atoms with E-state index in [1.807, 2.05) is 11.8 Å². The zero-order valence-corrected chi connectivity index (χ0v) is 13.8. The zero-order chi connectivity index (χ0) is 13.6. The van der Waals surface area contributed by atoms with Crippen molar-refractivity contribution in [1.82, 2.24) is 4.90 Å². The Kier molecular flexibility index (Phi) is 6.84. The van der Waals surface area contributed by atoms with Gasteiger partial charge in [-0.1, -0.05) is 30.3 Å². The molecule has 0 saturated carbocycles. The Labute approximate surface area is 137 Å². The number of ether oxygens (including phenoxy) is 1. The monoisotopic (exact) mass is 323 g/mol. The Hall–Kier alpha value is -0.740. The van der Waals surface area contributed by atoms with Gasteiger partial charge in [0, 0.05) is 18.0 Å². The molecule has 0 unspecified atom stereocenters. The van der Waals surface area contributed by atoms with Crippen molar-refractivity contribution >= 4 is 34.9 Å². The molecule has 0 aliphatic carbocycles. The van der Waals surface area contributed by atoms with E-state index in [1.54, 1.807) is 0 Å². The van der Waals surface area contributed by atoms with E-state index in [0.29, 0.717) is 0 Å². The van der Waals surface area contributed by atoms with Crippen LogP contribution in [0.15, 0.2) is 47.4 Å². The highest BCUT2D eigenvalue weighted by Crippen LogP contribution is 2.24. The third-order valence-electron chi connectivity index (χ3n) is 3.71. The van der Waals surface area contributed by atoms with Gasteiger partial charge in [0.15, 0.2) is 0 Å². The highest BCUT2D eigenvalue weighted by molar-refractivity contribution is 7.99. The summed E-state index contributed by atoms with van der Waals surface area (Å²) in [7, 11) is 0. The summed E-state index contributed by atoms with van der Waals surface area (Å²) < 4.78 is 5.37. The van der Waals surface area contributed by atoms with Crippen molar-refractivity contribution in [2.24, 2.45) is 0 Å². The molecule has 0 spiro atoms. The van der Waals surface area contributed by atoms with Crippen LogP contribution in [0.4, 0.5) is 0 Å². The van der Waals surface area contributed by atoms with Crippen LogP contribution in [0.25, 0.3) is 10.8 Å². The van der Waals surface area contributed by atoms with Crippen molar-refractivity contribution in [3.05, 3.63) is 42.5 Å². The molecule has 3 rings (SSSR count). The standard InChI is InChI=1S/C17H21NOS.ClH/c1-2-5-16-14-17(7-6-15(16)4-1)20-13-3-8-18-9-11-19-12-10-18;/h1-2,4-7,14H,3,8-13H2;1H. The van der Waals surface area contributed by atoms with Crippen molar-refractivity contribution in [3.63, 3.8) is 0 Å². The molecule has 0 aromatic heterocycles. The molecule has 0 radical (unpaired) electrons. The van der Waals surface area contributed by atoms with E-state index in [1.165, 1.54) is 34.4 Å². The topological polar surface area (TPSA) is 12.5 Å². The smallest absolute Gasteiger partial charge is 0.0594 e. The number of hydrogen-bond acceptors (Lipinski definition) is 3. The largest absolute Gasteiger partial charge is 0.379 e. The lowest BCUT2D eigenvalue weighted by Crippen LogP contribution is -2.36. The first kappa shape index (κ1) is 16.6. The third kappa shape index (κ3) is 4.89. The van der Waals surface area contributed by atoms with Gasteiger partial charge in [-0.05, 0) is 41.6 Å². The second-order valence-corrected chi connectivity index (χ2v) is 6.33. The number of benzene rings is 2. The maximum atomic E-state index is 5.37. The number of halogens is 1. The van der Waals surface area contributed by atoms with Gasteiger partial charge in [0.25, 0.3) is 0 Å². The van der Waals surface area contributed by atoms with Gasteiger partial charge < -0.3 is 4.74 Å². The number of nitrogens with zero attached hydrogens (tertiary/aromatic N) is 1. The van der Waals surface area contributed by atoms with Gasteiger partial charge in [0.1, 0.15) is 0 Å². The van der Waals surface area contributed by atoms with E-state index in [-0.39, 0.29) is 12.4 Å². The van der Waals surface area contributed by atoms with Crippen LogP contribution in [-0.4, -0.2) is 43.5 Å². The summed E-state index contributed by atoms with van der Waals surface area (Å²) in [5.41, 5.74) is 0. The summed E-state index contributed by atoms with van der Waals surface area (Å²) in [6, 6.07) is 15.3. The van der Waals surface area contributed by atoms with Gasteiger partial charge in [-0.15, -0.1) is 24.2 Å². The minimum Gasteiger partial charge on any atom is -0.379 e. The molecule has 2 nitrogen and oxygen atoms in total. The lowest BCUT2D eigenvalue weighted by atomic mass is 10.1. The van der Waals surface area contributed by atoms with Gasteiger partial charge >= 0.3 is 0 Å². The van der Waals surface area contributed by atoms with Crippen molar-refractivity contribution < 1.29 is 4.74 Å². The molecule has 0 N–H and O–H groups in total. The Balaban J connectivity index is 0.00000161. The highest BCUT2D eigenvalue weighted by Gasteiger charge is 2.09. The first-order valence-corrected chi connectivity index (χ1v) is 8.32. The van der Waals surface area contributed by atoms with Crippen LogP contribution in [0.1, 0.15) is 6.42 Å². The second-order valence-electron chi connectivity index (χ2n) is 5.16. The molecule has 1 heterocycles. The van der Waals surface area contributed by atoms with E-state index in [2.05, 4.69) is 47.4 Å². The van der Waals surface area contributed by atoms with Crippen LogP contribution in [0.3, 0.4) is 0 Å². The lowest BCUT2D eigenvalue weighted by molar-refractivity contribution is 0.0381. The fourth-order valence-electron chi connectivity index (χ4n) is 2.56. The van der Waals surface area contributed by atoms with Crippen molar-refractivity contribution in [1.29, 1.82) is 0 Å². The first-order chi connectivity index (χ1) is 9.92. The molecule has 1 aliphatic rings. The van der Waals surface area contributed by atoms with Crippen molar-refractivity contribution in [2.75, 3.05) is 38.6 Å². The SMILES string of the molecule is Cl.c1ccc2cc(SCCCN3CCOCC3)ccc2c1. The number of hydrogen-bond donors (Lipinski definition) is 0. The fraction of sp³-hybridized carbons (Fsp3) is 0.412. The summed E-state index contributed by atoms with van der Waals surface area (Å²) >= 11 is 1.97. The van der Waals surface area contributed by atoms with Crippen LogP contribution in [0, 0.1) is 0 Å². The molecule has 0 amide bonds. The Morgan fingerprint density at radius 1 is 1.00 bits per heavy atom. The molecule has 1 fully saturated rings. The Bertz CT molecular complexity index is 557. The Morgan fingerprint density at radius 2 is 1.76 bits per heavy atom. The number of rotatable bonds is 5. The molecule has 2 aromatic rings. The van der Waals surface area contributed by atoms with Gasteiger partial charge in [-0.3, -0.25) is 4.90 Å². The van der Waals surface area contributed by atoms with Crippen LogP contribution >= 0.6 is 24.2 Å². The van der Waals surface area contributed by atoms with Gasteiger partial charge in [0.2, 0.25) is 0 Å². The van der Waals surface area contributed by atoms with Crippen LogP contribution in [0.5, 0.6) is 0 Å². The number of fused-ring (bicyclic) bond motifs is 1. The second kappa shape index (κ2) is 8.64. The van der Waals surface area contributed by atoms with Crippen molar-refractivity contribution in [2.45, 2.75) is 11.3 Å². The van der Waals surface area contributed by atoms with E-state index in [0.717, 1.165) is 26.3 Å². The van der Waals surface area contributed by atoms with Crippen LogP contribution in [0.2, 0.25) is 0 Å². The maximum absolute atomic E-state index is 5.37.